The Morgan fingerprint density at radius 2 is 1.79 bits per heavy atom. The molecule has 0 aliphatic heterocycles. The lowest BCUT2D eigenvalue weighted by Crippen LogP contribution is -2.22. The highest BCUT2D eigenvalue weighted by Gasteiger charge is 2.33. The van der Waals surface area contributed by atoms with Crippen molar-refractivity contribution in [1.82, 2.24) is 15.0 Å². The number of H-pyrrole nitrogens is 1. The fourth-order valence-electron chi connectivity index (χ4n) is 4.16. The number of amides is 1. The van der Waals surface area contributed by atoms with Crippen molar-refractivity contribution in [3.8, 4) is 0 Å². The zero-order valence-electron chi connectivity index (χ0n) is 19.0. The van der Waals surface area contributed by atoms with Crippen molar-refractivity contribution in [2.75, 3.05) is 5.32 Å². The highest BCUT2D eigenvalue weighted by Crippen LogP contribution is 2.35. The summed E-state index contributed by atoms with van der Waals surface area (Å²) in [7, 11) is 0. The topological polar surface area (TPSA) is 108 Å². The standard InChI is InChI=1S/C23H25F3N4O2.CH2O/c1-22(2,32)14-11-17-18(29-20(28-17)13-7-4-3-5-8-13)12-16(14)30-21(31)15-9-6-10-19(27-15)23(24,25)26;1-2/h6,9-13,32H,3-5,7-8H2,1-2H3,(H,28,29)(H,30,31);1H2. The number of alkyl halides is 3. The molecule has 0 bridgehead atoms. The number of anilines is 1. The molecule has 2 aromatic heterocycles. The smallest absolute Gasteiger partial charge is 0.386 e. The number of carbonyl (C=O) groups excluding carboxylic acids is 2. The molecule has 1 fully saturated rings. The number of hydrogen-bond acceptors (Lipinski definition) is 5. The van der Waals surface area contributed by atoms with E-state index in [4.69, 9.17) is 9.78 Å². The van der Waals surface area contributed by atoms with Crippen LogP contribution >= 0.6 is 0 Å². The normalized spacial score (nSPS) is 15.0. The first-order valence-corrected chi connectivity index (χ1v) is 10.9. The molecular formula is C24H27F3N4O3. The Morgan fingerprint density at radius 3 is 2.41 bits per heavy atom. The lowest BCUT2D eigenvalue weighted by Gasteiger charge is -2.22. The number of rotatable bonds is 4. The molecule has 3 N–H and O–H groups in total. The van der Waals surface area contributed by atoms with E-state index in [-0.39, 0.29) is 11.4 Å². The maximum Gasteiger partial charge on any atom is 0.433 e. The third kappa shape index (κ3) is 5.61. The van der Waals surface area contributed by atoms with E-state index in [1.165, 1.54) is 12.5 Å². The molecule has 2 heterocycles. The Balaban J connectivity index is 0.00000158. The fraction of sp³-hybridized carbons (Fsp3) is 0.417. The van der Waals surface area contributed by atoms with E-state index < -0.39 is 23.4 Å². The number of pyridine rings is 1. The van der Waals surface area contributed by atoms with Gasteiger partial charge in [0.2, 0.25) is 0 Å². The molecule has 0 radical (unpaired) electrons. The first-order chi connectivity index (χ1) is 16.0. The minimum atomic E-state index is -4.65. The van der Waals surface area contributed by atoms with Gasteiger partial charge in [-0.3, -0.25) is 4.79 Å². The van der Waals surface area contributed by atoms with Crippen LogP contribution in [0.15, 0.2) is 30.3 Å². The Labute approximate surface area is 194 Å². The SMILES string of the molecule is C=O.CC(C)(O)c1cc2[nH]c(C3CCCCC3)nc2cc1NC(=O)c1cccc(C(F)(F)F)n1. The number of halogens is 3. The molecule has 1 aliphatic carbocycles. The monoisotopic (exact) mass is 476 g/mol. The van der Waals surface area contributed by atoms with E-state index in [9.17, 15) is 23.1 Å². The van der Waals surface area contributed by atoms with Crippen LogP contribution in [0.25, 0.3) is 11.0 Å². The quantitative estimate of drug-likeness (QED) is 0.472. The summed E-state index contributed by atoms with van der Waals surface area (Å²) < 4.78 is 38.9. The van der Waals surface area contributed by atoms with Gasteiger partial charge < -0.3 is 20.2 Å². The average Bonchev–Trinajstić information content (AvgIpc) is 3.22. The van der Waals surface area contributed by atoms with Crippen LogP contribution in [0.2, 0.25) is 0 Å². The number of benzene rings is 1. The van der Waals surface area contributed by atoms with Gasteiger partial charge in [-0.05, 0) is 51.0 Å². The summed E-state index contributed by atoms with van der Waals surface area (Å²) in [6, 6.07) is 6.51. The van der Waals surface area contributed by atoms with Crippen molar-refractivity contribution in [3.05, 3.63) is 53.1 Å². The summed E-state index contributed by atoms with van der Waals surface area (Å²) >= 11 is 0. The van der Waals surface area contributed by atoms with E-state index in [0.717, 1.165) is 49.2 Å². The number of nitrogens with zero attached hydrogens (tertiary/aromatic N) is 2. The summed E-state index contributed by atoms with van der Waals surface area (Å²) in [5.74, 6) is 0.419. The molecule has 1 saturated carbocycles. The van der Waals surface area contributed by atoms with Gasteiger partial charge in [-0.15, -0.1) is 0 Å². The molecule has 34 heavy (non-hydrogen) atoms. The van der Waals surface area contributed by atoms with Gasteiger partial charge in [0.05, 0.1) is 16.6 Å². The Kier molecular flexibility index (Phi) is 7.40. The average molecular weight is 476 g/mol. The minimum Gasteiger partial charge on any atom is -0.386 e. The van der Waals surface area contributed by atoms with Crippen LogP contribution in [0.3, 0.4) is 0 Å². The van der Waals surface area contributed by atoms with Crippen LogP contribution in [-0.4, -0.2) is 32.8 Å². The second-order valence-corrected chi connectivity index (χ2v) is 8.79. The molecule has 0 saturated heterocycles. The number of fused-ring (bicyclic) bond motifs is 1. The van der Waals surface area contributed by atoms with Gasteiger partial charge in [-0.25, -0.2) is 9.97 Å². The molecule has 4 rings (SSSR count). The lowest BCUT2D eigenvalue weighted by atomic mass is 9.89. The zero-order chi connectivity index (χ0) is 25.1. The summed E-state index contributed by atoms with van der Waals surface area (Å²) in [6.07, 6.45) is 0.993. The van der Waals surface area contributed by atoms with Gasteiger partial charge in [0, 0.05) is 17.2 Å². The lowest BCUT2D eigenvalue weighted by molar-refractivity contribution is -0.141. The predicted octanol–water partition coefficient (Wildman–Crippen LogP) is 5.32. The summed E-state index contributed by atoms with van der Waals surface area (Å²) in [5.41, 5.74) is -0.781. The minimum absolute atomic E-state index is 0.274. The van der Waals surface area contributed by atoms with Crippen LogP contribution in [-0.2, 0) is 16.6 Å². The second kappa shape index (κ2) is 9.92. The van der Waals surface area contributed by atoms with Gasteiger partial charge in [-0.2, -0.15) is 13.2 Å². The molecular weight excluding hydrogens is 449 g/mol. The number of aromatic nitrogens is 3. The molecule has 1 aliphatic rings. The molecule has 1 amide bonds. The zero-order valence-corrected chi connectivity index (χ0v) is 19.0. The van der Waals surface area contributed by atoms with Crippen molar-refractivity contribution >= 4 is 29.4 Å². The van der Waals surface area contributed by atoms with Gasteiger partial charge in [0.25, 0.3) is 5.91 Å². The predicted molar refractivity (Wildman–Crippen MR) is 121 cm³/mol. The fourth-order valence-corrected chi connectivity index (χ4v) is 4.16. The molecule has 0 spiro atoms. The number of aliphatic hydroxyl groups is 1. The highest BCUT2D eigenvalue weighted by atomic mass is 19.4. The van der Waals surface area contributed by atoms with Crippen molar-refractivity contribution in [2.45, 2.75) is 63.6 Å². The van der Waals surface area contributed by atoms with E-state index in [1.54, 1.807) is 26.0 Å². The van der Waals surface area contributed by atoms with Gasteiger partial charge in [0.15, 0.2) is 0 Å². The molecule has 10 heteroatoms. The molecule has 3 aromatic rings. The molecule has 0 atom stereocenters. The van der Waals surface area contributed by atoms with Crippen molar-refractivity contribution in [2.24, 2.45) is 0 Å². The van der Waals surface area contributed by atoms with Crippen LogP contribution in [0, 0.1) is 0 Å². The van der Waals surface area contributed by atoms with Gasteiger partial charge in [0.1, 0.15) is 24.0 Å². The van der Waals surface area contributed by atoms with Crippen molar-refractivity contribution in [1.29, 1.82) is 0 Å². The highest BCUT2D eigenvalue weighted by molar-refractivity contribution is 6.04. The molecule has 1 aromatic carbocycles. The summed E-state index contributed by atoms with van der Waals surface area (Å²) in [4.78, 5) is 32.2. The van der Waals surface area contributed by atoms with Gasteiger partial charge in [-0.1, -0.05) is 25.3 Å². The first-order valence-electron chi connectivity index (χ1n) is 10.9. The van der Waals surface area contributed by atoms with E-state index in [0.29, 0.717) is 17.0 Å². The Morgan fingerprint density at radius 1 is 1.12 bits per heavy atom. The largest absolute Gasteiger partial charge is 0.433 e. The van der Waals surface area contributed by atoms with Crippen molar-refractivity contribution in [3.63, 3.8) is 0 Å². The summed E-state index contributed by atoms with van der Waals surface area (Å²) in [5, 5.41) is 13.3. The van der Waals surface area contributed by atoms with Crippen LogP contribution < -0.4 is 5.32 Å². The van der Waals surface area contributed by atoms with Gasteiger partial charge >= 0.3 is 6.18 Å². The number of nitrogens with one attached hydrogen (secondary N) is 2. The van der Waals surface area contributed by atoms with Crippen LogP contribution in [0.4, 0.5) is 18.9 Å². The maximum absolute atomic E-state index is 13.0. The van der Waals surface area contributed by atoms with E-state index >= 15 is 0 Å². The molecule has 182 valence electrons. The van der Waals surface area contributed by atoms with Crippen LogP contribution in [0.1, 0.15) is 79.4 Å². The number of carbonyl (C=O) groups is 2. The second-order valence-electron chi connectivity index (χ2n) is 8.79. The Hall–Kier alpha value is -3.27. The van der Waals surface area contributed by atoms with E-state index in [1.807, 2.05) is 6.79 Å². The van der Waals surface area contributed by atoms with Crippen molar-refractivity contribution < 1.29 is 27.9 Å². The Bertz CT molecular complexity index is 1160. The third-order valence-electron chi connectivity index (χ3n) is 5.81. The number of imidazole rings is 1. The molecule has 7 nitrogen and oxygen atoms in total. The van der Waals surface area contributed by atoms with Crippen LogP contribution in [0.5, 0.6) is 0 Å². The van der Waals surface area contributed by atoms with E-state index in [2.05, 4.69) is 15.3 Å². The third-order valence-corrected chi connectivity index (χ3v) is 5.81. The summed E-state index contributed by atoms with van der Waals surface area (Å²) in [6.45, 7) is 5.15. The first kappa shape index (κ1) is 25.4. The maximum atomic E-state index is 13.0. The number of aromatic amines is 1. The number of hydrogen-bond donors (Lipinski definition) is 3. The molecule has 0 unspecified atom stereocenters.